The second-order valence-electron chi connectivity index (χ2n) is 9.71. The van der Waals surface area contributed by atoms with Gasteiger partial charge >= 0.3 is 0 Å². The van der Waals surface area contributed by atoms with E-state index >= 15 is 0 Å². The molecule has 7 nitrogen and oxygen atoms in total. The fourth-order valence-electron chi connectivity index (χ4n) is 5.57. The van der Waals surface area contributed by atoms with Crippen molar-refractivity contribution in [1.29, 1.82) is 5.26 Å². The van der Waals surface area contributed by atoms with E-state index in [1.165, 1.54) is 9.80 Å². The van der Waals surface area contributed by atoms with Gasteiger partial charge in [0.05, 0.1) is 11.5 Å². The number of nitriles is 1. The van der Waals surface area contributed by atoms with Gasteiger partial charge in [0.25, 0.3) is 5.91 Å². The van der Waals surface area contributed by atoms with Crippen molar-refractivity contribution in [2.45, 2.75) is 44.2 Å². The number of likely N-dealkylation sites (tertiary alicyclic amines) is 1. The van der Waals surface area contributed by atoms with Crippen LogP contribution in [0.4, 0.5) is 5.69 Å². The molecule has 3 amide bonds. The van der Waals surface area contributed by atoms with Gasteiger partial charge < -0.3 is 10.2 Å². The molecule has 3 heterocycles. The Kier molecular flexibility index (Phi) is 5.05. The fraction of sp³-hybridized carbons (Fsp3) is 0.333. The van der Waals surface area contributed by atoms with Crippen LogP contribution >= 0.6 is 0 Å². The average Bonchev–Trinajstić information content (AvgIpc) is 3.43. The Morgan fingerprint density at radius 3 is 2.53 bits per heavy atom. The van der Waals surface area contributed by atoms with Crippen LogP contribution < -0.4 is 5.32 Å². The summed E-state index contributed by atoms with van der Waals surface area (Å²) in [6.45, 7) is 8.20. The molecule has 2 aromatic rings. The van der Waals surface area contributed by atoms with Gasteiger partial charge in [-0.05, 0) is 30.0 Å². The molecule has 172 valence electrons. The number of rotatable bonds is 4. The third-order valence-electron chi connectivity index (χ3n) is 7.19. The van der Waals surface area contributed by atoms with Crippen molar-refractivity contribution in [2.24, 2.45) is 5.92 Å². The van der Waals surface area contributed by atoms with Gasteiger partial charge in [-0.3, -0.25) is 19.3 Å². The van der Waals surface area contributed by atoms with Crippen LogP contribution in [-0.2, 0) is 15.0 Å². The Balaban J connectivity index is 1.52. The largest absolute Gasteiger partial charge is 0.325 e. The van der Waals surface area contributed by atoms with Crippen LogP contribution in [0.5, 0.6) is 0 Å². The molecule has 1 saturated heterocycles. The van der Waals surface area contributed by atoms with Crippen LogP contribution in [0.2, 0.25) is 0 Å². The summed E-state index contributed by atoms with van der Waals surface area (Å²) in [5, 5.41) is 12.9. The zero-order chi connectivity index (χ0) is 24.2. The molecule has 0 aromatic heterocycles. The molecule has 5 rings (SSSR count). The van der Waals surface area contributed by atoms with Crippen LogP contribution in [0.15, 0.2) is 55.1 Å². The first kappa shape index (κ1) is 21.9. The number of para-hydroxylation sites is 1. The summed E-state index contributed by atoms with van der Waals surface area (Å²) in [5.74, 6) is -0.660. The van der Waals surface area contributed by atoms with Crippen LogP contribution in [0.3, 0.4) is 0 Å². The standard InChI is InChI=1S/C27H26N4O3/c1-16(2)12-23(31-17(3)19-8-4-5-9-20(19)24(31)32)25(33)30-15-27(13-18(30)14-28)21-10-6-7-11-22(21)29-26(27)34/h4-11,16,18,23H,3,12-13,15H2,1-2H3,(H,29,34)/t18?,23-,27-/m0/s1. The Bertz CT molecular complexity index is 1240. The molecule has 1 fully saturated rings. The van der Waals surface area contributed by atoms with Gasteiger partial charge in [0, 0.05) is 35.5 Å². The van der Waals surface area contributed by atoms with Crippen molar-refractivity contribution in [3.05, 3.63) is 71.8 Å². The van der Waals surface area contributed by atoms with E-state index in [0.29, 0.717) is 23.2 Å². The summed E-state index contributed by atoms with van der Waals surface area (Å²) >= 11 is 0. The molecular formula is C27H26N4O3. The third kappa shape index (κ3) is 3.06. The molecule has 7 heteroatoms. The summed E-state index contributed by atoms with van der Waals surface area (Å²) in [4.78, 5) is 43.5. The van der Waals surface area contributed by atoms with Crippen molar-refractivity contribution in [1.82, 2.24) is 9.80 Å². The summed E-state index contributed by atoms with van der Waals surface area (Å²) in [6, 6.07) is 15.3. The van der Waals surface area contributed by atoms with E-state index in [9.17, 15) is 19.6 Å². The van der Waals surface area contributed by atoms with Gasteiger partial charge in [-0.2, -0.15) is 5.26 Å². The maximum absolute atomic E-state index is 14.0. The number of hydrogen-bond acceptors (Lipinski definition) is 4. The van der Waals surface area contributed by atoms with Gasteiger partial charge in [0.1, 0.15) is 12.1 Å². The molecule has 1 N–H and O–H groups in total. The Morgan fingerprint density at radius 2 is 1.85 bits per heavy atom. The number of amides is 3. The molecule has 0 radical (unpaired) electrons. The lowest BCUT2D eigenvalue weighted by molar-refractivity contribution is -0.136. The van der Waals surface area contributed by atoms with Crippen molar-refractivity contribution < 1.29 is 14.4 Å². The molecule has 3 aliphatic rings. The van der Waals surface area contributed by atoms with E-state index in [1.54, 1.807) is 12.1 Å². The lowest BCUT2D eigenvalue weighted by Gasteiger charge is -2.33. The van der Waals surface area contributed by atoms with Crippen LogP contribution in [-0.4, -0.2) is 46.1 Å². The predicted molar refractivity (Wildman–Crippen MR) is 127 cm³/mol. The van der Waals surface area contributed by atoms with E-state index in [2.05, 4.69) is 18.0 Å². The van der Waals surface area contributed by atoms with Gasteiger partial charge in [-0.15, -0.1) is 0 Å². The molecule has 3 atom stereocenters. The molecule has 3 aliphatic heterocycles. The summed E-state index contributed by atoms with van der Waals surface area (Å²) < 4.78 is 0. The van der Waals surface area contributed by atoms with Gasteiger partial charge in [-0.25, -0.2) is 0 Å². The highest BCUT2D eigenvalue weighted by molar-refractivity contribution is 6.11. The van der Waals surface area contributed by atoms with E-state index in [1.807, 2.05) is 50.2 Å². The number of carbonyl (C=O) groups excluding carboxylic acids is 3. The molecule has 34 heavy (non-hydrogen) atoms. The second-order valence-corrected chi connectivity index (χ2v) is 9.71. The highest BCUT2D eigenvalue weighted by Crippen LogP contribution is 2.47. The zero-order valence-corrected chi connectivity index (χ0v) is 19.2. The van der Waals surface area contributed by atoms with Crippen molar-refractivity contribution >= 4 is 29.1 Å². The molecule has 0 aliphatic carbocycles. The van der Waals surface area contributed by atoms with Crippen LogP contribution in [0.25, 0.3) is 5.70 Å². The van der Waals surface area contributed by atoms with Crippen LogP contribution in [0, 0.1) is 17.2 Å². The lowest BCUT2D eigenvalue weighted by Crippen LogP contribution is -2.51. The highest BCUT2D eigenvalue weighted by atomic mass is 16.2. The summed E-state index contributed by atoms with van der Waals surface area (Å²) in [7, 11) is 0. The first-order chi connectivity index (χ1) is 16.3. The third-order valence-corrected chi connectivity index (χ3v) is 7.19. The highest BCUT2D eigenvalue weighted by Gasteiger charge is 2.57. The van der Waals surface area contributed by atoms with E-state index in [4.69, 9.17) is 0 Å². The van der Waals surface area contributed by atoms with Crippen molar-refractivity contribution in [2.75, 3.05) is 11.9 Å². The summed E-state index contributed by atoms with van der Waals surface area (Å²) in [5.41, 5.74) is 2.29. The molecule has 0 bridgehead atoms. The quantitative estimate of drug-likeness (QED) is 0.765. The molecule has 2 aromatic carbocycles. The topological polar surface area (TPSA) is 93.5 Å². The van der Waals surface area contributed by atoms with Gasteiger partial charge in [-0.1, -0.05) is 56.8 Å². The first-order valence-electron chi connectivity index (χ1n) is 11.5. The van der Waals surface area contributed by atoms with Crippen LogP contribution in [0.1, 0.15) is 48.2 Å². The SMILES string of the molecule is C=C1c2ccccc2C(=O)N1[C@@H](CC(C)C)C(=O)N1C[C@]2(CC1C#N)C(=O)Nc1ccccc12. The number of carbonyl (C=O) groups is 3. The second kappa shape index (κ2) is 7.84. The van der Waals surface area contributed by atoms with E-state index < -0.39 is 17.5 Å². The minimum absolute atomic E-state index is 0.100. The number of nitrogens with one attached hydrogen (secondary N) is 1. The number of hydrogen-bond donors (Lipinski definition) is 1. The molecule has 1 spiro atoms. The average molecular weight is 455 g/mol. The number of fused-ring (bicyclic) bond motifs is 3. The summed E-state index contributed by atoms with van der Waals surface area (Å²) in [6.07, 6.45) is 0.642. The Labute approximate surface area is 198 Å². The van der Waals surface area contributed by atoms with Gasteiger partial charge in [0.15, 0.2) is 0 Å². The number of benzene rings is 2. The maximum atomic E-state index is 14.0. The first-order valence-corrected chi connectivity index (χ1v) is 11.5. The zero-order valence-electron chi connectivity index (χ0n) is 19.2. The minimum Gasteiger partial charge on any atom is -0.325 e. The molecule has 1 unspecified atom stereocenters. The minimum atomic E-state index is -0.968. The monoisotopic (exact) mass is 454 g/mol. The van der Waals surface area contributed by atoms with Gasteiger partial charge in [0.2, 0.25) is 11.8 Å². The molecular weight excluding hydrogens is 428 g/mol. The normalized spacial score (nSPS) is 23.8. The van der Waals surface area contributed by atoms with E-state index in [0.717, 1.165) is 11.3 Å². The maximum Gasteiger partial charge on any atom is 0.259 e. The fourth-order valence-corrected chi connectivity index (χ4v) is 5.57. The Morgan fingerprint density at radius 1 is 1.18 bits per heavy atom. The van der Waals surface area contributed by atoms with Crippen molar-refractivity contribution in [3.63, 3.8) is 0 Å². The smallest absolute Gasteiger partial charge is 0.259 e. The van der Waals surface area contributed by atoms with E-state index in [-0.39, 0.29) is 36.6 Å². The predicted octanol–water partition coefficient (Wildman–Crippen LogP) is 3.54. The number of anilines is 1. The van der Waals surface area contributed by atoms with Crippen molar-refractivity contribution in [3.8, 4) is 6.07 Å². The molecule has 0 saturated carbocycles. The Hall–Kier alpha value is -3.92. The number of nitrogens with zero attached hydrogens (tertiary/aromatic N) is 3. The lowest BCUT2D eigenvalue weighted by atomic mass is 9.80.